The number of nitrogens with one attached hydrogen (secondary N) is 1. The van der Waals surface area contributed by atoms with E-state index in [-0.39, 0.29) is 11.3 Å². The van der Waals surface area contributed by atoms with Crippen molar-refractivity contribution < 1.29 is 28.1 Å². The maximum Gasteiger partial charge on any atom is 0.282 e. The van der Waals surface area contributed by atoms with E-state index >= 15 is 0 Å². The SMILES string of the molecule is C[C@@H](C(=O)Nc1cc(F)cc(F)c1)N1C(=O)c2cccc([N+](=O)[O-])c2C1=O. The topological polar surface area (TPSA) is 110 Å². The molecule has 8 nitrogen and oxygen atoms in total. The van der Waals surface area contributed by atoms with Crippen molar-refractivity contribution in [3.8, 4) is 0 Å². The molecule has 1 aliphatic heterocycles. The molecule has 138 valence electrons. The van der Waals surface area contributed by atoms with Gasteiger partial charge in [-0.05, 0) is 25.1 Å². The average molecular weight is 375 g/mol. The summed E-state index contributed by atoms with van der Waals surface area (Å²) < 4.78 is 26.5. The van der Waals surface area contributed by atoms with Crippen molar-refractivity contribution in [1.29, 1.82) is 0 Å². The minimum absolute atomic E-state index is 0.189. The normalized spacial score (nSPS) is 14.1. The number of halogens is 2. The van der Waals surface area contributed by atoms with Gasteiger partial charge < -0.3 is 5.32 Å². The predicted molar refractivity (Wildman–Crippen MR) is 88.0 cm³/mol. The Hall–Kier alpha value is -3.69. The zero-order chi connectivity index (χ0) is 19.9. The van der Waals surface area contributed by atoms with Gasteiger partial charge in [0.1, 0.15) is 23.2 Å². The van der Waals surface area contributed by atoms with Gasteiger partial charge in [0.15, 0.2) is 0 Å². The minimum atomic E-state index is -1.37. The Kier molecular flexibility index (Phi) is 4.40. The average Bonchev–Trinajstić information content (AvgIpc) is 2.84. The third-order valence-electron chi connectivity index (χ3n) is 4.02. The van der Waals surface area contributed by atoms with Crippen LogP contribution < -0.4 is 5.32 Å². The van der Waals surface area contributed by atoms with Crippen molar-refractivity contribution in [1.82, 2.24) is 4.90 Å². The van der Waals surface area contributed by atoms with E-state index in [1.165, 1.54) is 19.1 Å². The van der Waals surface area contributed by atoms with Crippen molar-refractivity contribution >= 4 is 29.1 Å². The molecular formula is C17H11F2N3O5. The van der Waals surface area contributed by atoms with Gasteiger partial charge in [0.05, 0.1) is 10.5 Å². The lowest BCUT2D eigenvalue weighted by Crippen LogP contribution is -2.45. The lowest BCUT2D eigenvalue weighted by molar-refractivity contribution is -0.385. The molecule has 0 saturated heterocycles. The Morgan fingerprint density at radius 3 is 2.37 bits per heavy atom. The Morgan fingerprint density at radius 1 is 1.15 bits per heavy atom. The molecule has 1 aliphatic rings. The lowest BCUT2D eigenvalue weighted by atomic mass is 10.1. The molecule has 0 saturated carbocycles. The number of carbonyl (C=O) groups is 3. The third kappa shape index (κ3) is 3.12. The van der Waals surface area contributed by atoms with Gasteiger partial charge in [0.25, 0.3) is 17.5 Å². The first-order chi connectivity index (χ1) is 12.7. The number of hydrogen-bond acceptors (Lipinski definition) is 5. The molecule has 1 atom stereocenters. The van der Waals surface area contributed by atoms with Gasteiger partial charge in [-0.3, -0.25) is 29.4 Å². The Morgan fingerprint density at radius 2 is 1.78 bits per heavy atom. The van der Waals surface area contributed by atoms with Crippen molar-refractivity contribution in [2.45, 2.75) is 13.0 Å². The minimum Gasteiger partial charge on any atom is -0.324 e. The maximum atomic E-state index is 13.2. The van der Waals surface area contributed by atoms with Crippen LogP contribution in [0.25, 0.3) is 0 Å². The number of benzene rings is 2. The molecule has 3 amide bonds. The van der Waals surface area contributed by atoms with Crippen LogP contribution in [0.1, 0.15) is 27.6 Å². The zero-order valence-corrected chi connectivity index (χ0v) is 13.7. The number of anilines is 1. The zero-order valence-electron chi connectivity index (χ0n) is 13.7. The molecule has 0 unspecified atom stereocenters. The highest BCUT2D eigenvalue weighted by atomic mass is 19.1. The van der Waals surface area contributed by atoms with E-state index < -0.39 is 51.6 Å². The van der Waals surface area contributed by atoms with E-state index in [2.05, 4.69) is 5.32 Å². The van der Waals surface area contributed by atoms with Crippen LogP contribution in [-0.2, 0) is 4.79 Å². The van der Waals surface area contributed by atoms with Gasteiger partial charge in [0, 0.05) is 17.8 Å². The fraction of sp³-hybridized carbons (Fsp3) is 0.118. The summed E-state index contributed by atoms with van der Waals surface area (Å²) in [5, 5.41) is 13.3. The van der Waals surface area contributed by atoms with E-state index in [0.29, 0.717) is 11.0 Å². The molecule has 27 heavy (non-hydrogen) atoms. The van der Waals surface area contributed by atoms with Crippen molar-refractivity contribution in [3.05, 3.63) is 69.3 Å². The summed E-state index contributed by atoms with van der Waals surface area (Å²) in [4.78, 5) is 48.2. The first-order valence-corrected chi connectivity index (χ1v) is 7.63. The van der Waals surface area contributed by atoms with Crippen LogP contribution in [0.5, 0.6) is 0 Å². The van der Waals surface area contributed by atoms with E-state index in [9.17, 15) is 33.3 Å². The van der Waals surface area contributed by atoms with Gasteiger partial charge in [-0.1, -0.05) is 6.07 Å². The largest absolute Gasteiger partial charge is 0.324 e. The number of nitro benzene ring substituents is 1. The van der Waals surface area contributed by atoms with Crippen LogP contribution in [0, 0.1) is 21.7 Å². The summed E-state index contributed by atoms with van der Waals surface area (Å²) in [6, 6.07) is 4.54. The number of nitro groups is 1. The van der Waals surface area contributed by atoms with E-state index in [1.54, 1.807) is 0 Å². The van der Waals surface area contributed by atoms with E-state index in [1.807, 2.05) is 0 Å². The number of hydrogen-bond donors (Lipinski definition) is 1. The number of carbonyl (C=O) groups excluding carboxylic acids is 3. The Labute approximate surface area is 150 Å². The first kappa shape index (κ1) is 18.1. The predicted octanol–water partition coefficient (Wildman–Crippen LogP) is 2.50. The number of amides is 3. The van der Waals surface area contributed by atoms with Gasteiger partial charge in [-0.2, -0.15) is 0 Å². The highest BCUT2D eigenvalue weighted by Gasteiger charge is 2.44. The van der Waals surface area contributed by atoms with Gasteiger partial charge in [-0.15, -0.1) is 0 Å². The number of imide groups is 1. The Bertz CT molecular complexity index is 988. The molecular weight excluding hydrogens is 364 g/mol. The van der Waals surface area contributed by atoms with Crippen LogP contribution >= 0.6 is 0 Å². The smallest absolute Gasteiger partial charge is 0.282 e. The summed E-state index contributed by atoms with van der Waals surface area (Å²) in [6.07, 6.45) is 0. The van der Waals surface area contributed by atoms with E-state index in [4.69, 9.17) is 0 Å². The van der Waals surface area contributed by atoms with Crippen LogP contribution in [0.4, 0.5) is 20.2 Å². The second-order valence-electron chi connectivity index (χ2n) is 5.76. The highest BCUT2D eigenvalue weighted by molar-refractivity contribution is 6.24. The molecule has 0 aliphatic carbocycles. The standard InChI is InChI=1S/C17H11F2N3O5/c1-8(15(23)20-11-6-9(18)5-10(19)7-11)21-16(24)12-3-2-4-13(22(26)27)14(12)17(21)25/h2-8H,1H3,(H,20,23)/t8-/m0/s1. The molecule has 2 aromatic rings. The van der Waals surface area contributed by atoms with Crippen LogP contribution in [-0.4, -0.2) is 33.6 Å². The molecule has 0 aromatic heterocycles. The summed E-state index contributed by atoms with van der Waals surface area (Å²) >= 11 is 0. The van der Waals surface area contributed by atoms with Crippen molar-refractivity contribution in [2.75, 3.05) is 5.32 Å². The van der Waals surface area contributed by atoms with Crippen LogP contribution in [0.15, 0.2) is 36.4 Å². The molecule has 10 heteroatoms. The molecule has 0 bridgehead atoms. The monoisotopic (exact) mass is 375 g/mol. The molecule has 2 aromatic carbocycles. The van der Waals surface area contributed by atoms with Gasteiger partial charge >= 0.3 is 0 Å². The lowest BCUT2D eigenvalue weighted by Gasteiger charge is -2.21. The fourth-order valence-corrected chi connectivity index (χ4v) is 2.78. The van der Waals surface area contributed by atoms with Crippen molar-refractivity contribution in [2.24, 2.45) is 0 Å². The van der Waals surface area contributed by atoms with Crippen molar-refractivity contribution in [3.63, 3.8) is 0 Å². The van der Waals surface area contributed by atoms with Gasteiger partial charge in [0.2, 0.25) is 5.91 Å². The second kappa shape index (κ2) is 6.56. The highest BCUT2D eigenvalue weighted by Crippen LogP contribution is 2.32. The quantitative estimate of drug-likeness (QED) is 0.502. The molecule has 3 rings (SSSR count). The first-order valence-electron chi connectivity index (χ1n) is 7.63. The molecule has 1 heterocycles. The van der Waals surface area contributed by atoms with Gasteiger partial charge in [-0.25, -0.2) is 8.78 Å². The second-order valence-corrected chi connectivity index (χ2v) is 5.76. The van der Waals surface area contributed by atoms with E-state index in [0.717, 1.165) is 18.2 Å². The molecule has 0 radical (unpaired) electrons. The number of nitrogens with zero attached hydrogens (tertiary/aromatic N) is 2. The third-order valence-corrected chi connectivity index (χ3v) is 4.02. The summed E-state index contributed by atoms with van der Waals surface area (Å²) in [7, 11) is 0. The summed E-state index contributed by atoms with van der Waals surface area (Å²) in [5.74, 6) is -4.59. The number of fused-ring (bicyclic) bond motifs is 1. The molecule has 1 N–H and O–H groups in total. The Balaban J connectivity index is 1.89. The molecule has 0 spiro atoms. The fourth-order valence-electron chi connectivity index (χ4n) is 2.78. The summed E-state index contributed by atoms with van der Waals surface area (Å²) in [6.45, 7) is 1.22. The summed E-state index contributed by atoms with van der Waals surface area (Å²) in [5.41, 5.74) is -1.34. The van der Waals surface area contributed by atoms with Crippen LogP contribution in [0.3, 0.4) is 0 Å². The number of rotatable bonds is 4. The maximum absolute atomic E-state index is 13.2. The molecule has 0 fully saturated rings. The van der Waals surface area contributed by atoms with Crippen LogP contribution in [0.2, 0.25) is 0 Å².